The maximum atomic E-state index is 10.4. The van der Waals surface area contributed by atoms with Gasteiger partial charge in [0.1, 0.15) is 0 Å². The molecular weight excluding hydrogens is 199 g/mol. The first-order valence-electron chi connectivity index (χ1n) is 2.62. The van der Waals surface area contributed by atoms with Crippen molar-refractivity contribution in [1.82, 2.24) is 0 Å². The fourth-order valence-corrected chi connectivity index (χ4v) is 1.32. The van der Waals surface area contributed by atoms with E-state index in [2.05, 4.69) is 4.74 Å². The van der Waals surface area contributed by atoms with Crippen molar-refractivity contribution < 1.29 is 27.3 Å². The summed E-state index contributed by atoms with van der Waals surface area (Å²) in [5, 5.41) is -1.73. The van der Waals surface area contributed by atoms with E-state index in [1.54, 1.807) is 0 Å². The Morgan fingerprint density at radius 2 is 1.92 bits per heavy atom. The van der Waals surface area contributed by atoms with E-state index in [0.717, 1.165) is 0 Å². The van der Waals surface area contributed by atoms with Gasteiger partial charge in [-0.3, -0.25) is 14.1 Å². The molecule has 0 aromatic carbocycles. The Hall–Kier alpha value is 0.0500. The van der Waals surface area contributed by atoms with Gasteiger partial charge >= 0.3 is 11.9 Å². The molecule has 1 fully saturated rings. The second-order valence-corrected chi connectivity index (χ2v) is 3.60. The summed E-state index contributed by atoms with van der Waals surface area (Å²) in [6.45, 7) is 0. The van der Waals surface area contributed by atoms with Gasteiger partial charge in [0.15, 0.2) is 5.25 Å². The first-order valence-corrected chi connectivity index (χ1v) is 4.12. The van der Waals surface area contributed by atoms with Crippen LogP contribution in [0.1, 0.15) is 6.42 Å². The van der Waals surface area contributed by atoms with Crippen LogP contribution in [0.2, 0.25) is 0 Å². The third-order valence-electron chi connectivity index (χ3n) is 1.19. The molecule has 1 rings (SSSR count). The van der Waals surface area contributed by atoms with Gasteiger partial charge in [-0.15, -0.1) is 0 Å². The summed E-state index contributed by atoms with van der Waals surface area (Å²) >= 11 is 0. The van der Waals surface area contributed by atoms with Crippen LogP contribution in [-0.4, -0.2) is 59.7 Å². The molecule has 12 heavy (non-hydrogen) atoms. The number of hydrogen-bond donors (Lipinski definition) is 1. The van der Waals surface area contributed by atoms with Crippen molar-refractivity contribution in [2.45, 2.75) is 11.7 Å². The third kappa shape index (κ3) is 2.53. The van der Waals surface area contributed by atoms with Crippen molar-refractivity contribution >= 4 is 51.6 Å². The number of carbonyl (C=O) groups excluding carboxylic acids is 2. The number of cyclic esters (lactones) is 2. The first kappa shape index (κ1) is 12.0. The predicted molar refractivity (Wildman–Crippen MR) is 36.8 cm³/mol. The molecular formula is C4H4NaO6S. The number of hydrogen-bond acceptors (Lipinski definition) is 5. The van der Waals surface area contributed by atoms with E-state index < -0.39 is 33.7 Å². The molecule has 0 amide bonds. The van der Waals surface area contributed by atoms with Gasteiger partial charge in [0.05, 0.1) is 6.42 Å². The van der Waals surface area contributed by atoms with Gasteiger partial charge in [0, 0.05) is 29.6 Å². The number of carbonyl (C=O) groups is 2. The molecule has 1 atom stereocenters. The van der Waals surface area contributed by atoms with Crippen molar-refractivity contribution in [2.75, 3.05) is 0 Å². The largest absolute Gasteiger partial charge is 0.392 e. The predicted octanol–water partition coefficient (Wildman–Crippen LogP) is -1.66. The third-order valence-corrected chi connectivity index (χ3v) is 2.27. The zero-order valence-corrected chi connectivity index (χ0v) is 9.00. The van der Waals surface area contributed by atoms with Gasteiger partial charge in [0.2, 0.25) is 0 Å². The zero-order chi connectivity index (χ0) is 8.65. The summed E-state index contributed by atoms with van der Waals surface area (Å²) in [6.07, 6.45) is -0.600. The molecule has 1 aliphatic heterocycles. The van der Waals surface area contributed by atoms with Crippen LogP contribution < -0.4 is 0 Å². The Morgan fingerprint density at radius 3 is 2.08 bits per heavy atom. The molecule has 1 N–H and O–H groups in total. The van der Waals surface area contributed by atoms with Crippen molar-refractivity contribution in [3.05, 3.63) is 0 Å². The van der Waals surface area contributed by atoms with Crippen LogP contribution in [0, 0.1) is 0 Å². The molecule has 1 aliphatic rings. The van der Waals surface area contributed by atoms with E-state index in [-0.39, 0.29) is 29.6 Å². The maximum Gasteiger partial charge on any atom is 0.335 e. The van der Waals surface area contributed by atoms with Gasteiger partial charge in [-0.25, -0.2) is 0 Å². The SMILES string of the molecule is O=C1CC(S(=O)(=O)O)C(=O)O1.[Na]. The quantitative estimate of drug-likeness (QED) is 0.237. The summed E-state index contributed by atoms with van der Waals surface area (Å²) in [7, 11) is -4.48. The Kier molecular flexibility index (Phi) is 3.86. The Balaban J connectivity index is 0.00000121. The minimum Gasteiger partial charge on any atom is -0.392 e. The normalized spacial score (nSPS) is 23.2. The molecule has 8 heteroatoms. The van der Waals surface area contributed by atoms with Crippen LogP contribution in [0.15, 0.2) is 0 Å². The van der Waals surface area contributed by atoms with Crippen LogP contribution in [0.3, 0.4) is 0 Å². The number of ether oxygens (including phenoxy) is 1. The van der Waals surface area contributed by atoms with Gasteiger partial charge in [-0.2, -0.15) is 8.42 Å². The van der Waals surface area contributed by atoms with Crippen LogP contribution in [0.25, 0.3) is 0 Å². The van der Waals surface area contributed by atoms with Gasteiger partial charge in [-0.05, 0) is 0 Å². The number of rotatable bonds is 1. The van der Waals surface area contributed by atoms with Crippen molar-refractivity contribution in [2.24, 2.45) is 0 Å². The standard InChI is InChI=1S/C4H4O6S.Na/c5-3-1-2(4(6)10-3)11(7,8)9;/h2H,1H2,(H,7,8,9);. The van der Waals surface area contributed by atoms with Crippen LogP contribution in [0.4, 0.5) is 0 Å². The molecule has 1 heterocycles. The molecule has 1 unspecified atom stereocenters. The van der Waals surface area contributed by atoms with Gasteiger partial charge in [0.25, 0.3) is 10.1 Å². The molecule has 0 aliphatic carbocycles. The molecule has 63 valence electrons. The van der Waals surface area contributed by atoms with Crippen molar-refractivity contribution in [3.63, 3.8) is 0 Å². The summed E-state index contributed by atoms with van der Waals surface area (Å²) in [5.41, 5.74) is 0. The summed E-state index contributed by atoms with van der Waals surface area (Å²) in [6, 6.07) is 0. The zero-order valence-electron chi connectivity index (χ0n) is 6.18. The molecule has 1 saturated heterocycles. The summed E-state index contributed by atoms with van der Waals surface area (Å²) in [4.78, 5) is 20.7. The Labute approximate surface area is 90.3 Å². The summed E-state index contributed by atoms with van der Waals surface area (Å²) in [5.74, 6) is -2.14. The molecule has 0 saturated carbocycles. The number of esters is 2. The maximum absolute atomic E-state index is 10.4. The van der Waals surface area contributed by atoms with Crippen molar-refractivity contribution in [1.29, 1.82) is 0 Å². The molecule has 0 aromatic rings. The van der Waals surface area contributed by atoms with E-state index in [0.29, 0.717) is 0 Å². The van der Waals surface area contributed by atoms with Crippen molar-refractivity contribution in [3.8, 4) is 0 Å². The van der Waals surface area contributed by atoms with E-state index >= 15 is 0 Å². The summed E-state index contributed by atoms with van der Waals surface area (Å²) < 4.78 is 32.8. The minimum absolute atomic E-state index is 0. The molecule has 0 bridgehead atoms. The average Bonchev–Trinajstić information content (AvgIpc) is 2.08. The fraction of sp³-hybridized carbons (Fsp3) is 0.500. The topological polar surface area (TPSA) is 97.7 Å². The van der Waals surface area contributed by atoms with Crippen LogP contribution >= 0.6 is 0 Å². The Morgan fingerprint density at radius 1 is 1.42 bits per heavy atom. The van der Waals surface area contributed by atoms with Crippen LogP contribution in [-0.2, 0) is 24.4 Å². The smallest absolute Gasteiger partial charge is 0.335 e. The fourth-order valence-electron chi connectivity index (χ4n) is 0.681. The molecule has 0 spiro atoms. The van der Waals surface area contributed by atoms with Gasteiger partial charge < -0.3 is 4.74 Å². The van der Waals surface area contributed by atoms with E-state index in [1.807, 2.05) is 0 Å². The first-order chi connectivity index (χ1) is 4.91. The van der Waals surface area contributed by atoms with E-state index in [9.17, 15) is 18.0 Å². The molecule has 1 radical (unpaired) electrons. The second-order valence-electron chi connectivity index (χ2n) is 2.00. The minimum atomic E-state index is -4.48. The monoisotopic (exact) mass is 203 g/mol. The van der Waals surface area contributed by atoms with Crippen LogP contribution in [0.5, 0.6) is 0 Å². The van der Waals surface area contributed by atoms with Gasteiger partial charge in [-0.1, -0.05) is 0 Å². The Bertz CT molecular complexity index is 306. The van der Waals surface area contributed by atoms with E-state index in [4.69, 9.17) is 4.55 Å². The molecule has 0 aromatic heterocycles. The second kappa shape index (κ2) is 3.84. The average molecular weight is 203 g/mol. The van der Waals surface area contributed by atoms with E-state index in [1.165, 1.54) is 0 Å². The molecule has 6 nitrogen and oxygen atoms in total.